The number of aryl methyl sites for hydroxylation is 3. The van der Waals surface area contributed by atoms with Crippen molar-refractivity contribution >= 4 is 5.91 Å². The number of carbonyl (C=O) groups excluding carboxylic acids is 1. The molecule has 0 aliphatic heterocycles. The molecule has 3 heteroatoms. The van der Waals surface area contributed by atoms with E-state index in [0.717, 1.165) is 35.3 Å². The lowest BCUT2D eigenvalue weighted by Gasteiger charge is -2.24. The molecule has 0 spiro atoms. The highest BCUT2D eigenvalue weighted by Gasteiger charge is 2.23. The van der Waals surface area contributed by atoms with Crippen LogP contribution in [0.3, 0.4) is 0 Å². The fourth-order valence-corrected chi connectivity index (χ4v) is 4.20. The van der Waals surface area contributed by atoms with Gasteiger partial charge in [-0.1, -0.05) is 60.7 Å². The van der Waals surface area contributed by atoms with E-state index in [1.165, 1.54) is 24.0 Å². The molecule has 0 fully saturated rings. The van der Waals surface area contributed by atoms with Crippen LogP contribution in [0, 0.1) is 6.92 Å². The van der Waals surface area contributed by atoms with Gasteiger partial charge >= 0.3 is 0 Å². The predicted octanol–water partition coefficient (Wildman–Crippen LogP) is 5.55. The maximum absolute atomic E-state index is 13.1. The van der Waals surface area contributed by atoms with E-state index < -0.39 is 6.10 Å². The van der Waals surface area contributed by atoms with Gasteiger partial charge in [-0.05, 0) is 79.5 Å². The Kier molecular flexibility index (Phi) is 6.18. The molecule has 0 unspecified atom stereocenters. The largest absolute Gasteiger partial charge is 0.481 e. The minimum Gasteiger partial charge on any atom is -0.481 e. The molecular formula is C27H29NO2. The standard InChI is InChI=1S/C27H29NO2/c1-19-10-6-9-15-25(19)26(22-12-4-3-5-13-22)28-27(29)20(2)30-24-17-16-21-11-7-8-14-23(21)18-24/h3-6,9-10,12-13,15-18,20,26H,7-8,11,14H2,1-2H3,(H,28,29)/t20-,26+/m1/s1. The van der Waals surface area contributed by atoms with Crippen molar-refractivity contribution in [1.82, 2.24) is 5.32 Å². The van der Waals surface area contributed by atoms with Gasteiger partial charge in [0.15, 0.2) is 6.10 Å². The van der Waals surface area contributed by atoms with E-state index in [0.29, 0.717) is 0 Å². The first-order valence-electron chi connectivity index (χ1n) is 10.8. The monoisotopic (exact) mass is 399 g/mol. The number of hydrogen-bond acceptors (Lipinski definition) is 2. The fourth-order valence-electron chi connectivity index (χ4n) is 4.20. The number of hydrogen-bond donors (Lipinski definition) is 1. The Hall–Kier alpha value is -3.07. The van der Waals surface area contributed by atoms with Gasteiger partial charge < -0.3 is 10.1 Å². The molecule has 3 aromatic carbocycles. The summed E-state index contributed by atoms with van der Waals surface area (Å²) < 4.78 is 6.03. The third-order valence-corrected chi connectivity index (χ3v) is 5.92. The molecule has 2 atom stereocenters. The van der Waals surface area contributed by atoms with Gasteiger partial charge in [0.1, 0.15) is 5.75 Å². The summed E-state index contributed by atoms with van der Waals surface area (Å²) in [6.07, 6.45) is 4.13. The summed E-state index contributed by atoms with van der Waals surface area (Å²) in [5.41, 5.74) is 6.07. The number of rotatable bonds is 6. The van der Waals surface area contributed by atoms with E-state index in [1.807, 2.05) is 55.5 Å². The molecule has 0 heterocycles. The van der Waals surface area contributed by atoms with Crippen molar-refractivity contribution in [3.63, 3.8) is 0 Å². The summed E-state index contributed by atoms with van der Waals surface area (Å²) in [5, 5.41) is 3.21. The second kappa shape index (κ2) is 9.17. The first-order valence-corrected chi connectivity index (χ1v) is 10.8. The lowest BCUT2D eigenvalue weighted by molar-refractivity contribution is -0.127. The third-order valence-electron chi connectivity index (χ3n) is 5.92. The summed E-state index contributed by atoms with van der Waals surface area (Å²) in [6, 6.07) is 24.3. The maximum atomic E-state index is 13.1. The van der Waals surface area contributed by atoms with E-state index in [4.69, 9.17) is 4.74 Å². The second-order valence-electron chi connectivity index (χ2n) is 8.11. The number of ether oxygens (including phenoxy) is 1. The van der Waals surface area contributed by atoms with Crippen LogP contribution in [0.4, 0.5) is 0 Å². The van der Waals surface area contributed by atoms with Crippen LogP contribution in [-0.4, -0.2) is 12.0 Å². The summed E-state index contributed by atoms with van der Waals surface area (Å²) in [6.45, 7) is 3.89. The van der Waals surface area contributed by atoms with Crippen molar-refractivity contribution in [2.45, 2.75) is 51.7 Å². The van der Waals surface area contributed by atoms with Crippen LogP contribution in [0.5, 0.6) is 5.75 Å². The average molecular weight is 400 g/mol. The molecule has 1 amide bonds. The van der Waals surface area contributed by atoms with Gasteiger partial charge in [0.05, 0.1) is 6.04 Å². The molecule has 1 N–H and O–H groups in total. The van der Waals surface area contributed by atoms with E-state index in [-0.39, 0.29) is 11.9 Å². The summed E-state index contributed by atoms with van der Waals surface area (Å²) in [5.74, 6) is 0.648. The second-order valence-corrected chi connectivity index (χ2v) is 8.11. The van der Waals surface area contributed by atoms with Crippen molar-refractivity contribution < 1.29 is 9.53 Å². The fraction of sp³-hybridized carbons (Fsp3) is 0.296. The van der Waals surface area contributed by atoms with Crippen molar-refractivity contribution in [2.24, 2.45) is 0 Å². The molecular weight excluding hydrogens is 370 g/mol. The van der Waals surface area contributed by atoms with E-state index in [9.17, 15) is 4.79 Å². The number of nitrogens with one attached hydrogen (secondary N) is 1. The number of carbonyl (C=O) groups is 1. The topological polar surface area (TPSA) is 38.3 Å². The minimum atomic E-state index is -0.582. The van der Waals surface area contributed by atoms with Gasteiger partial charge in [-0.25, -0.2) is 0 Å². The third kappa shape index (κ3) is 4.56. The molecule has 1 aliphatic carbocycles. The molecule has 0 saturated carbocycles. The molecule has 0 radical (unpaired) electrons. The zero-order valence-electron chi connectivity index (χ0n) is 17.7. The Morgan fingerprint density at radius 2 is 1.60 bits per heavy atom. The predicted molar refractivity (Wildman–Crippen MR) is 121 cm³/mol. The highest BCUT2D eigenvalue weighted by atomic mass is 16.5. The lowest BCUT2D eigenvalue weighted by atomic mass is 9.92. The zero-order valence-corrected chi connectivity index (χ0v) is 17.7. The molecule has 3 aromatic rings. The van der Waals surface area contributed by atoms with E-state index in [2.05, 4.69) is 36.5 Å². The molecule has 0 saturated heterocycles. The Balaban J connectivity index is 1.51. The van der Waals surface area contributed by atoms with Crippen molar-refractivity contribution in [3.05, 3.63) is 101 Å². The average Bonchev–Trinajstić information content (AvgIpc) is 2.78. The zero-order chi connectivity index (χ0) is 20.9. The van der Waals surface area contributed by atoms with Crippen LogP contribution < -0.4 is 10.1 Å². The van der Waals surface area contributed by atoms with Gasteiger partial charge in [0.2, 0.25) is 0 Å². The Morgan fingerprint density at radius 3 is 2.37 bits per heavy atom. The van der Waals surface area contributed by atoms with E-state index >= 15 is 0 Å². The number of fused-ring (bicyclic) bond motifs is 1. The molecule has 154 valence electrons. The van der Waals surface area contributed by atoms with Crippen LogP contribution in [0.25, 0.3) is 0 Å². The van der Waals surface area contributed by atoms with Crippen LogP contribution in [0.1, 0.15) is 53.6 Å². The molecule has 30 heavy (non-hydrogen) atoms. The van der Waals surface area contributed by atoms with Crippen molar-refractivity contribution in [1.29, 1.82) is 0 Å². The minimum absolute atomic E-state index is 0.121. The molecule has 1 aliphatic rings. The highest BCUT2D eigenvalue weighted by Crippen LogP contribution is 2.27. The normalized spacial score (nSPS) is 15.0. The van der Waals surface area contributed by atoms with Crippen molar-refractivity contribution in [2.75, 3.05) is 0 Å². The first kappa shape index (κ1) is 20.2. The summed E-state index contributed by atoms with van der Waals surface area (Å²) >= 11 is 0. The molecule has 0 bridgehead atoms. The first-order chi connectivity index (χ1) is 14.6. The highest BCUT2D eigenvalue weighted by molar-refractivity contribution is 5.81. The Bertz CT molecular complexity index is 1010. The van der Waals surface area contributed by atoms with Gasteiger partial charge in [-0.3, -0.25) is 4.79 Å². The van der Waals surface area contributed by atoms with Crippen molar-refractivity contribution in [3.8, 4) is 5.75 Å². The number of amides is 1. The van der Waals surface area contributed by atoms with E-state index in [1.54, 1.807) is 0 Å². The smallest absolute Gasteiger partial charge is 0.261 e. The van der Waals surface area contributed by atoms with Gasteiger partial charge in [-0.15, -0.1) is 0 Å². The molecule has 0 aromatic heterocycles. The maximum Gasteiger partial charge on any atom is 0.261 e. The van der Waals surface area contributed by atoms with Gasteiger partial charge in [-0.2, -0.15) is 0 Å². The lowest BCUT2D eigenvalue weighted by Crippen LogP contribution is -2.39. The Labute approximate surface area is 179 Å². The summed E-state index contributed by atoms with van der Waals surface area (Å²) in [7, 11) is 0. The van der Waals surface area contributed by atoms with Crippen LogP contribution in [-0.2, 0) is 17.6 Å². The molecule has 4 rings (SSSR count). The van der Waals surface area contributed by atoms with Gasteiger partial charge in [0, 0.05) is 0 Å². The Morgan fingerprint density at radius 1 is 0.900 bits per heavy atom. The quantitative estimate of drug-likeness (QED) is 0.590. The van der Waals surface area contributed by atoms with Gasteiger partial charge in [0.25, 0.3) is 5.91 Å². The van der Waals surface area contributed by atoms with Crippen LogP contribution >= 0.6 is 0 Å². The molecule has 3 nitrogen and oxygen atoms in total. The van der Waals surface area contributed by atoms with Crippen LogP contribution in [0.2, 0.25) is 0 Å². The summed E-state index contributed by atoms with van der Waals surface area (Å²) in [4.78, 5) is 13.1. The SMILES string of the molecule is Cc1ccccc1[C@@H](NC(=O)[C@@H](C)Oc1ccc2c(c1)CCCC2)c1ccccc1. The number of benzene rings is 3. The van der Waals surface area contributed by atoms with Crippen LogP contribution in [0.15, 0.2) is 72.8 Å².